The number of likely N-dealkylation sites (N-methyl/N-ethyl adjacent to an activating group) is 1. The molecule has 1 aliphatic heterocycles. The lowest BCUT2D eigenvalue weighted by Gasteiger charge is -2.35. The van der Waals surface area contributed by atoms with Crippen LogP contribution in [0.2, 0.25) is 0 Å². The Hall–Kier alpha value is -4.15. The lowest BCUT2D eigenvalue weighted by molar-refractivity contribution is 0.312. The van der Waals surface area contributed by atoms with Crippen molar-refractivity contribution in [2.45, 2.75) is 13.3 Å². The topological polar surface area (TPSA) is 66.3 Å². The van der Waals surface area contributed by atoms with Gasteiger partial charge in [-0.3, -0.25) is 9.36 Å². The molecule has 3 heterocycles. The van der Waals surface area contributed by atoms with Gasteiger partial charge in [0.25, 0.3) is 5.56 Å². The van der Waals surface area contributed by atoms with Crippen molar-refractivity contribution in [3.05, 3.63) is 82.3 Å². The zero-order valence-electron chi connectivity index (χ0n) is 20.0. The van der Waals surface area contributed by atoms with Crippen LogP contribution >= 0.6 is 0 Å². The van der Waals surface area contributed by atoms with Crippen molar-refractivity contribution in [3.8, 4) is 18.0 Å². The molecule has 0 atom stereocenters. The Labute approximate surface area is 205 Å². The van der Waals surface area contributed by atoms with Gasteiger partial charge in [-0.25, -0.2) is 4.98 Å². The molecule has 1 N–H and O–H groups in total. The number of nitrogens with one attached hydrogen (secondary N) is 1. The molecule has 1 fully saturated rings. The molecule has 7 nitrogen and oxygen atoms in total. The summed E-state index contributed by atoms with van der Waals surface area (Å²) >= 11 is 0. The van der Waals surface area contributed by atoms with Crippen molar-refractivity contribution >= 4 is 28.4 Å². The number of nitrogens with zero attached hydrogens (tertiary/aromatic N) is 5. The van der Waals surface area contributed by atoms with Crippen molar-refractivity contribution in [2.24, 2.45) is 0 Å². The average Bonchev–Trinajstić information content (AvgIpc) is 2.89. The molecule has 2 aromatic heterocycles. The summed E-state index contributed by atoms with van der Waals surface area (Å²) in [5, 5.41) is 3.98. The number of rotatable bonds is 5. The molecule has 0 bridgehead atoms. The van der Waals surface area contributed by atoms with Crippen LogP contribution in [0, 0.1) is 12.3 Å². The minimum Gasteiger partial charge on any atom is -0.369 e. The molecule has 1 saturated heterocycles. The maximum Gasteiger partial charge on any atom is 0.258 e. The summed E-state index contributed by atoms with van der Waals surface area (Å²) in [6, 6.07) is 17.3. The Morgan fingerprint density at radius 1 is 1.06 bits per heavy atom. The van der Waals surface area contributed by atoms with E-state index in [1.165, 1.54) is 17.3 Å². The van der Waals surface area contributed by atoms with Crippen LogP contribution in [0.3, 0.4) is 0 Å². The van der Waals surface area contributed by atoms with Crippen LogP contribution < -0.4 is 15.8 Å². The number of aromatic nitrogens is 3. The van der Waals surface area contributed by atoms with Crippen LogP contribution in [0.1, 0.15) is 18.1 Å². The molecule has 4 aromatic rings. The largest absolute Gasteiger partial charge is 0.369 e. The highest BCUT2D eigenvalue weighted by atomic mass is 16.1. The normalized spacial score (nSPS) is 14.1. The molecule has 0 radical (unpaired) electrons. The Kier molecular flexibility index (Phi) is 6.21. The molecule has 0 unspecified atom stereocenters. The van der Waals surface area contributed by atoms with Gasteiger partial charge in [0.1, 0.15) is 0 Å². The number of pyridine rings is 1. The van der Waals surface area contributed by atoms with Crippen molar-refractivity contribution < 1.29 is 0 Å². The van der Waals surface area contributed by atoms with Crippen LogP contribution in [-0.2, 0) is 6.42 Å². The third kappa shape index (κ3) is 4.48. The lowest BCUT2D eigenvalue weighted by atomic mass is 10.1. The van der Waals surface area contributed by atoms with E-state index in [1.807, 2.05) is 30.3 Å². The van der Waals surface area contributed by atoms with Gasteiger partial charge in [-0.1, -0.05) is 31.0 Å². The maximum absolute atomic E-state index is 13.0. The molecule has 0 aliphatic carbocycles. The molecule has 0 saturated carbocycles. The maximum atomic E-state index is 13.0. The van der Waals surface area contributed by atoms with Gasteiger partial charge in [0.05, 0.1) is 11.1 Å². The van der Waals surface area contributed by atoms with E-state index < -0.39 is 0 Å². The third-order valence-electron chi connectivity index (χ3n) is 6.49. The lowest BCUT2D eigenvalue weighted by Crippen LogP contribution is -2.44. The van der Waals surface area contributed by atoms with Gasteiger partial charge in [-0.05, 0) is 49.4 Å². The predicted octanol–water partition coefficient (Wildman–Crippen LogP) is 3.82. The standard InChI is InChI=1S/C28H28N6O/c1-4-20-18-26(35)34(23-9-7-6-8-10-23)27-24(20)19-29-28(31-27)30-22-11-12-25(21(5-2)17-22)33-15-13-32(3)14-16-33/h1,6-12,17-19H,5,13-16H2,2-3H3,(H,29,30,31). The highest BCUT2D eigenvalue weighted by Gasteiger charge is 2.17. The summed E-state index contributed by atoms with van der Waals surface area (Å²) in [4.78, 5) is 27.0. The van der Waals surface area contributed by atoms with Crippen molar-refractivity contribution in [1.82, 2.24) is 19.4 Å². The fourth-order valence-electron chi connectivity index (χ4n) is 4.54. The summed E-state index contributed by atoms with van der Waals surface area (Å²) in [6.07, 6.45) is 8.28. The van der Waals surface area contributed by atoms with Gasteiger partial charge in [0, 0.05) is 55.4 Å². The number of piperazine rings is 1. The zero-order chi connectivity index (χ0) is 24.4. The monoisotopic (exact) mass is 464 g/mol. The van der Waals surface area contributed by atoms with Crippen molar-refractivity contribution in [3.63, 3.8) is 0 Å². The van der Waals surface area contributed by atoms with E-state index in [4.69, 9.17) is 11.4 Å². The zero-order valence-corrected chi connectivity index (χ0v) is 20.0. The molecular formula is C28H28N6O. The number of fused-ring (bicyclic) bond motifs is 1. The van der Waals surface area contributed by atoms with Crippen LogP contribution in [-0.4, -0.2) is 52.7 Å². The third-order valence-corrected chi connectivity index (χ3v) is 6.49. The molecule has 0 amide bonds. The first-order valence-electron chi connectivity index (χ1n) is 11.9. The van der Waals surface area contributed by atoms with E-state index in [0.29, 0.717) is 22.5 Å². The second-order valence-electron chi connectivity index (χ2n) is 8.75. The molecule has 35 heavy (non-hydrogen) atoms. The van der Waals surface area contributed by atoms with Gasteiger partial charge in [-0.15, -0.1) is 6.42 Å². The Balaban J connectivity index is 1.52. The molecule has 5 rings (SSSR count). The van der Waals surface area contributed by atoms with E-state index in [2.05, 4.69) is 58.2 Å². The fraction of sp³-hybridized carbons (Fsp3) is 0.250. The minimum atomic E-state index is -0.230. The molecule has 7 heteroatoms. The van der Waals surface area contributed by atoms with Gasteiger partial charge in [-0.2, -0.15) is 4.98 Å². The highest BCUT2D eigenvalue weighted by Crippen LogP contribution is 2.27. The summed E-state index contributed by atoms with van der Waals surface area (Å²) in [5.74, 6) is 3.00. The average molecular weight is 465 g/mol. The highest BCUT2D eigenvalue weighted by molar-refractivity contribution is 5.84. The number of anilines is 3. The number of hydrogen-bond donors (Lipinski definition) is 1. The first-order chi connectivity index (χ1) is 17.1. The van der Waals surface area contributed by atoms with Gasteiger partial charge < -0.3 is 15.1 Å². The van der Waals surface area contributed by atoms with E-state index in [1.54, 1.807) is 10.8 Å². The summed E-state index contributed by atoms with van der Waals surface area (Å²) in [7, 11) is 2.17. The Morgan fingerprint density at radius 2 is 1.83 bits per heavy atom. The van der Waals surface area contributed by atoms with Crippen molar-refractivity contribution in [2.75, 3.05) is 43.4 Å². The van der Waals surface area contributed by atoms with Gasteiger partial charge in [0.15, 0.2) is 5.65 Å². The smallest absolute Gasteiger partial charge is 0.258 e. The fourth-order valence-corrected chi connectivity index (χ4v) is 4.54. The number of benzene rings is 2. The van der Waals surface area contributed by atoms with Crippen LogP contribution in [0.15, 0.2) is 65.6 Å². The Morgan fingerprint density at radius 3 is 2.54 bits per heavy atom. The van der Waals surface area contributed by atoms with Crippen molar-refractivity contribution in [1.29, 1.82) is 0 Å². The Bertz CT molecular complexity index is 1460. The molecule has 1 aliphatic rings. The quantitative estimate of drug-likeness (QED) is 0.453. The first-order valence-corrected chi connectivity index (χ1v) is 11.9. The molecular weight excluding hydrogens is 436 g/mol. The number of hydrogen-bond acceptors (Lipinski definition) is 6. The van der Waals surface area contributed by atoms with E-state index in [9.17, 15) is 4.79 Å². The van der Waals surface area contributed by atoms with E-state index in [0.717, 1.165) is 44.0 Å². The molecule has 0 spiro atoms. The van der Waals surface area contributed by atoms with Gasteiger partial charge >= 0.3 is 0 Å². The van der Waals surface area contributed by atoms with Crippen LogP contribution in [0.5, 0.6) is 0 Å². The first kappa shape index (κ1) is 22.6. The minimum absolute atomic E-state index is 0.230. The predicted molar refractivity (Wildman–Crippen MR) is 142 cm³/mol. The number of terminal acetylenes is 1. The van der Waals surface area contributed by atoms with E-state index in [-0.39, 0.29) is 5.56 Å². The SMILES string of the molecule is C#Cc1cc(=O)n(-c2ccccc2)c2nc(Nc3ccc(N4CCN(C)CC4)c(CC)c3)ncc12. The van der Waals surface area contributed by atoms with E-state index >= 15 is 0 Å². The second-order valence-corrected chi connectivity index (χ2v) is 8.75. The van der Waals surface area contributed by atoms with Crippen LogP contribution in [0.4, 0.5) is 17.3 Å². The number of aryl methyl sites for hydroxylation is 1. The van der Waals surface area contributed by atoms with Gasteiger partial charge in [0.2, 0.25) is 5.95 Å². The number of para-hydroxylation sites is 1. The molecule has 176 valence electrons. The molecule has 2 aromatic carbocycles. The van der Waals surface area contributed by atoms with Crippen LogP contribution in [0.25, 0.3) is 16.7 Å². The second kappa shape index (κ2) is 9.61. The summed E-state index contributed by atoms with van der Waals surface area (Å²) < 4.78 is 1.57. The summed E-state index contributed by atoms with van der Waals surface area (Å²) in [5.41, 5.74) is 4.90. The summed E-state index contributed by atoms with van der Waals surface area (Å²) in [6.45, 7) is 6.36.